The van der Waals surface area contributed by atoms with Crippen molar-refractivity contribution in [1.82, 2.24) is 18.7 Å². The fourth-order valence-electron chi connectivity index (χ4n) is 5.15. The predicted octanol–water partition coefficient (Wildman–Crippen LogP) is 2.73. The smallest absolute Gasteiger partial charge is 0.332 e. The highest BCUT2D eigenvalue weighted by Gasteiger charge is 2.33. The first kappa shape index (κ1) is 19.2. The minimum atomic E-state index is -0.316. The van der Waals surface area contributed by atoms with Gasteiger partial charge < -0.3 is 9.47 Å². The third kappa shape index (κ3) is 3.07. The average Bonchev–Trinajstić information content (AvgIpc) is 3.15. The lowest BCUT2D eigenvalue weighted by Gasteiger charge is -2.40. The van der Waals surface area contributed by atoms with E-state index >= 15 is 0 Å². The molecule has 1 aliphatic heterocycles. The number of hydrogen-bond donors (Lipinski definition) is 0. The molecule has 5 rings (SSSR count). The van der Waals surface area contributed by atoms with E-state index in [9.17, 15) is 9.59 Å². The normalized spacial score (nSPS) is 19.9. The molecule has 7 heteroatoms. The molecule has 0 saturated heterocycles. The van der Waals surface area contributed by atoms with Crippen LogP contribution in [0.4, 0.5) is 5.95 Å². The zero-order chi connectivity index (χ0) is 20.8. The average molecular weight is 408 g/mol. The lowest BCUT2D eigenvalue weighted by atomic mass is 9.93. The Bertz CT molecular complexity index is 1180. The molecule has 1 fully saturated rings. The van der Waals surface area contributed by atoms with Gasteiger partial charge in [-0.3, -0.25) is 13.9 Å². The summed E-state index contributed by atoms with van der Waals surface area (Å²) in [6.45, 7) is 4.22. The van der Waals surface area contributed by atoms with Crippen molar-refractivity contribution in [2.45, 2.75) is 58.2 Å². The number of benzene rings is 1. The molecular formula is C23H29N5O2. The number of nitrogens with zero attached hydrogens (tertiary/aromatic N) is 5. The Kier molecular flexibility index (Phi) is 4.76. The maximum Gasteiger partial charge on any atom is 0.332 e. The van der Waals surface area contributed by atoms with Crippen molar-refractivity contribution < 1.29 is 0 Å². The third-order valence-corrected chi connectivity index (χ3v) is 6.67. The first-order valence-corrected chi connectivity index (χ1v) is 11.0. The van der Waals surface area contributed by atoms with Gasteiger partial charge in [0, 0.05) is 26.2 Å². The summed E-state index contributed by atoms with van der Waals surface area (Å²) in [7, 11) is 1.72. The minimum Gasteiger partial charge on any atom is -0.339 e. The van der Waals surface area contributed by atoms with E-state index in [0.717, 1.165) is 24.6 Å². The maximum absolute atomic E-state index is 13.5. The second-order valence-corrected chi connectivity index (χ2v) is 8.96. The van der Waals surface area contributed by atoms with Crippen LogP contribution in [0, 0.1) is 5.92 Å². The first-order valence-electron chi connectivity index (χ1n) is 11.0. The predicted molar refractivity (Wildman–Crippen MR) is 118 cm³/mol. The summed E-state index contributed by atoms with van der Waals surface area (Å²) in [4.78, 5) is 33.8. The van der Waals surface area contributed by atoms with E-state index in [1.807, 2.05) is 30.3 Å². The molecule has 3 heterocycles. The molecule has 158 valence electrons. The monoisotopic (exact) mass is 407 g/mol. The second-order valence-electron chi connectivity index (χ2n) is 8.96. The van der Waals surface area contributed by atoms with E-state index in [-0.39, 0.29) is 17.8 Å². The van der Waals surface area contributed by atoms with Crippen molar-refractivity contribution in [2.24, 2.45) is 13.0 Å². The van der Waals surface area contributed by atoms with E-state index in [0.29, 0.717) is 23.1 Å². The van der Waals surface area contributed by atoms with E-state index in [2.05, 4.69) is 16.4 Å². The van der Waals surface area contributed by atoms with Gasteiger partial charge >= 0.3 is 5.69 Å². The van der Waals surface area contributed by atoms with Crippen LogP contribution in [0.15, 0.2) is 39.9 Å². The number of anilines is 1. The van der Waals surface area contributed by atoms with Crippen LogP contribution in [-0.4, -0.2) is 31.3 Å². The van der Waals surface area contributed by atoms with Gasteiger partial charge in [-0.1, -0.05) is 56.5 Å². The van der Waals surface area contributed by atoms with E-state index in [1.165, 1.54) is 41.2 Å². The molecule has 7 nitrogen and oxygen atoms in total. The zero-order valence-electron chi connectivity index (χ0n) is 17.8. The quantitative estimate of drug-likeness (QED) is 0.670. The molecule has 1 saturated carbocycles. The highest BCUT2D eigenvalue weighted by Crippen LogP contribution is 2.32. The van der Waals surface area contributed by atoms with Gasteiger partial charge in [0.1, 0.15) is 0 Å². The molecule has 0 radical (unpaired) electrons. The van der Waals surface area contributed by atoms with Crippen LogP contribution in [0.1, 0.15) is 44.6 Å². The first-order chi connectivity index (χ1) is 14.5. The Morgan fingerprint density at radius 2 is 1.77 bits per heavy atom. The molecule has 0 unspecified atom stereocenters. The van der Waals surface area contributed by atoms with Crippen LogP contribution >= 0.6 is 0 Å². The fourth-order valence-corrected chi connectivity index (χ4v) is 5.15. The van der Waals surface area contributed by atoms with E-state index in [4.69, 9.17) is 4.98 Å². The highest BCUT2D eigenvalue weighted by molar-refractivity contribution is 5.75. The third-order valence-electron chi connectivity index (χ3n) is 6.67. The van der Waals surface area contributed by atoms with Crippen molar-refractivity contribution in [3.05, 3.63) is 56.7 Å². The number of aromatic nitrogens is 4. The summed E-state index contributed by atoms with van der Waals surface area (Å²) < 4.78 is 4.95. The summed E-state index contributed by atoms with van der Waals surface area (Å²) in [5.41, 5.74) is 1.43. The number of rotatable bonds is 3. The van der Waals surface area contributed by atoms with Gasteiger partial charge in [0.05, 0.1) is 6.54 Å². The van der Waals surface area contributed by atoms with Gasteiger partial charge in [-0.05, 0) is 24.3 Å². The van der Waals surface area contributed by atoms with Crippen molar-refractivity contribution in [3.8, 4) is 0 Å². The Hall–Kier alpha value is -2.83. The molecule has 1 aromatic carbocycles. The molecule has 1 aliphatic carbocycles. The molecule has 0 N–H and O–H groups in total. The van der Waals surface area contributed by atoms with Crippen LogP contribution in [0.2, 0.25) is 0 Å². The standard InChI is InChI=1S/C23H29N5O2/c1-16-13-26(18-11-7-4-8-12-18)22-24-20-19(27(22)14-16)21(29)28(23(30)25(20)2)15-17-9-5-3-6-10-17/h3,5-6,9-10,16,18H,4,7-8,11-15H2,1-2H3/t16-/m0/s1. The lowest BCUT2D eigenvalue weighted by molar-refractivity contribution is 0.354. The van der Waals surface area contributed by atoms with Crippen LogP contribution < -0.4 is 16.1 Å². The van der Waals surface area contributed by atoms with Gasteiger partial charge in [-0.15, -0.1) is 0 Å². The fraction of sp³-hybridized carbons (Fsp3) is 0.522. The highest BCUT2D eigenvalue weighted by atomic mass is 16.2. The van der Waals surface area contributed by atoms with Gasteiger partial charge in [0.15, 0.2) is 11.2 Å². The van der Waals surface area contributed by atoms with Crippen molar-refractivity contribution in [1.29, 1.82) is 0 Å². The van der Waals surface area contributed by atoms with Crippen LogP contribution in [0.5, 0.6) is 0 Å². The topological polar surface area (TPSA) is 65.1 Å². The van der Waals surface area contributed by atoms with Crippen LogP contribution in [-0.2, 0) is 20.1 Å². The molecule has 0 spiro atoms. The Labute approximate surface area is 175 Å². The number of fused-ring (bicyclic) bond motifs is 3. The van der Waals surface area contributed by atoms with Gasteiger partial charge in [-0.2, -0.15) is 4.98 Å². The summed E-state index contributed by atoms with van der Waals surface area (Å²) in [5, 5.41) is 0. The molecule has 3 aromatic rings. The maximum atomic E-state index is 13.5. The summed E-state index contributed by atoms with van der Waals surface area (Å²) in [6, 6.07) is 10.1. The van der Waals surface area contributed by atoms with Crippen LogP contribution in [0.3, 0.4) is 0 Å². The minimum absolute atomic E-state index is 0.242. The zero-order valence-corrected chi connectivity index (χ0v) is 17.8. The molecule has 1 atom stereocenters. The Balaban J connectivity index is 1.68. The number of hydrogen-bond acceptors (Lipinski definition) is 4. The van der Waals surface area contributed by atoms with Gasteiger partial charge in [0.2, 0.25) is 5.95 Å². The van der Waals surface area contributed by atoms with Crippen molar-refractivity contribution in [2.75, 3.05) is 11.4 Å². The van der Waals surface area contributed by atoms with Crippen LogP contribution in [0.25, 0.3) is 11.2 Å². The molecule has 0 amide bonds. The number of imidazole rings is 1. The second kappa shape index (κ2) is 7.45. The molecule has 2 aliphatic rings. The molecule has 2 aromatic heterocycles. The largest absolute Gasteiger partial charge is 0.339 e. The summed E-state index contributed by atoms with van der Waals surface area (Å²) in [6.07, 6.45) is 6.14. The van der Waals surface area contributed by atoms with E-state index < -0.39 is 0 Å². The molecular weight excluding hydrogens is 378 g/mol. The van der Waals surface area contributed by atoms with Crippen molar-refractivity contribution in [3.63, 3.8) is 0 Å². The Morgan fingerprint density at radius 3 is 2.50 bits per heavy atom. The van der Waals surface area contributed by atoms with Crippen molar-refractivity contribution >= 4 is 17.1 Å². The molecule has 30 heavy (non-hydrogen) atoms. The van der Waals surface area contributed by atoms with Gasteiger partial charge in [-0.25, -0.2) is 4.79 Å². The SMILES string of the molecule is C[C@H]1CN(C2CCCCC2)c2nc3c(c(=O)n(Cc4ccccc4)c(=O)n3C)n2C1. The lowest BCUT2D eigenvalue weighted by Crippen LogP contribution is -2.45. The summed E-state index contributed by atoms with van der Waals surface area (Å²) >= 11 is 0. The Morgan fingerprint density at radius 1 is 1.03 bits per heavy atom. The van der Waals surface area contributed by atoms with Gasteiger partial charge in [0.25, 0.3) is 5.56 Å². The number of aryl methyl sites for hydroxylation is 1. The molecule has 0 bridgehead atoms. The summed E-state index contributed by atoms with van der Waals surface area (Å²) in [5.74, 6) is 1.29. The van der Waals surface area contributed by atoms with E-state index in [1.54, 1.807) is 7.05 Å².